The monoisotopic (exact) mass is 525 g/mol. The fraction of sp³-hybridized carbons (Fsp3) is 0.632. The number of benzene rings is 1. The van der Waals surface area contributed by atoms with E-state index >= 15 is 0 Å². The van der Waals surface area contributed by atoms with E-state index in [0.717, 1.165) is 24.3 Å². The van der Waals surface area contributed by atoms with Gasteiger partial charge < -0.3 is 20.1 Å². The van der Waals surface area contributed by atoms with Crippen molar-refractivity contribution in [2.24, 2.45) is 4.99 Å². The number of aliphatic imine (C=N–C) groups is 1. The number of para-hydroxylation sites is 1. The highest BCUT2D eigenvalue weighted by atomic mass is 127. The molecule has 2 N–H and O–H groups in total. The molecule has 0 aromatic heterocycles. The second kappa shape index (κ2) is 11.2. The highest BCUT2D eigenvalue weighted by molar-refractivity contribution is 14.0. The van der Waals surface area contributed by atoms with Crippen LogP contribution in [0.3, 0.4) is 0 Å². The van der Waals surface area contributed by atoms with Gasteiger partial charge in [0.2, 0.25) is 0 Å². The van der Waals surface area contributed by atoms with Crippen LogP contribution in [0.15, 0.2) is 29.3 Å². The average Bonchev–Trinajstić information content (AvgIpc) is 2.56. The SMILES string of the molecule is CCNC(=NCCOCCS(C)(=O)=O)NC1CC(C)(C)Oc2ccccc21.I. The Morgan fingerprint density at radius 3 is 2.71 bits per heavy atom. The Hall–Kier alpha value is -1.07. The van der Waals surface area contributed by atoms with Crippen LogP contribution in [0, 0.1) is 0 Å². The maximum absolute atomic E-state index is 11.1. The van der Waals surface area contributed by atoms with Crippen molar-refractivity contribution < 1.29 is 17.9 Å². The summed E-state index contributed by atoms with van der Waals surface area (Å²) in [6.07, 6.45) is 2.02. The molecule has 0 radical (unpaired) electrons. The first-order valence-electron chi connectivity index (χ1n) is 9.28. The zero-order chi connectivity index (χ0) is 19.9. The fourth-order valence-electron chi connectivity index (χ4n) is 2.95. The lowest BCUT2D eigenvalue weighted by atomic mass is 9.90. The van der Waals surface area contributed by atoms with Crippen LogP contribution >= 0.6 is 24.0 Å². The van der Waals surface area contributed by atoms with E-state index in [-0.39, 0.29) is 48.0 Å². The van der Waals surface area contributed by atoms with Crippen LogP contribution in [-0.2, 0) is 14.6 Å². The third-order valence-corrected chi connectivity index (χ3v) is 5.04. The summed E-state index contributed by atoms with van der Waals surface area (Å²) in [7, 11) is -2.99. The number of guanidine groups is 1. The highest BCUT2D eigenvalue weighted by Crippen LogP contribution is 2.39. The second-order valence-corrected chi connectivity index (χ2v) is 9.56. The van der Waals surface area contributed by atoms with Crippen LogP contribution in [0.2, 0.25) is 0 Å². The molecule has 1 aliphatic rings. The van der Waals surface area contributed by atoms with Gasteiger partial charge in [0.15, 0.2) is 5.96 Å². The maximum atomic E-state index is 11.1. The molecular weight excluding hydrogens is 493 g/mol. The quantitative estimate of drug-likeness (QED) is 0.235. The minimum atomic E-state index is -2.99. The number of rotatable bonds is 8. The predicted molar refractivity (Wildman–Crippen MR) is 124 cm³/mol. The standard InChI is InChI=1S/C19H31N3O4S.HI/c1-5-20-18(21-10-11-25-12-13-27(4,23)24)22-16-14-19(2,3)26-17-9-7-6-8-15(16)17;/h6-9,16H,5,10-14H2,1-4H3,(H2,20,21,22);1H. The van der Waals surface area contributed by atoms with E-state index in [1.807, 2.05) is 25.1 Å². The Kier molecular flexibility index (Phi) is 9.99. The van der Waals surface area contributed by atoms with Gasteiger partial charge >= 0.3 is 0 Å². The zero-order valence-corrected chi connectivity index (χ0v) is 20.2. The normalized spacial score (nSPS) is 18.4. The molecule has 7 nitrogen and oxygen atoms in total. The molecule has 0 spiro atoms. The molecular formula is C19H32IN3O4S. The number of nitrogens with one attached hydrogen (secondary N) is 2. The molecule has 160 valence electrons. The van der Waals surface area contributed by atoms with E-state index in [0.29, 0.717) is 19.1 Å². The minimum Gasteiger partial charge on any atom is -0.487 e. The van der Waals surface area contributed by atoms with Gasteiger partial charge in [0, 0.05) is 24.8 Å². The second-order valence-electron chi connectivity index (χ2n) is 7.30. The number of fused-ring (bicyclic) bond motifs is 1. The largest absolute Gasteiger partial charge is 0.487 e. The molecule has 1 unspecified atom stereocenters. The number of hydrogen-bond donors (Lipinski definition) is 2. The molecule has 0 amide bonds. The van der Waals surface area contributed by atoms with Crippen LogP contribution in [0.1, 0.15) is 38.8 Å². The number of sulfone groups is 1. The van der Waals surface area contributed by atoms with Crippen molar-refractivity contribution in [3.8, 4) is 5.75 Å². The van der Waals surface area contributed by atoms with Gasteiger partial charge in [-0.05, 0) is 26.8 Å². The third kappa shape index (κ3) is 8.52. The van der Waals surface area contributed by atoms with Crippen LogP contribution in [0.4, 0.5) is 0 Å². The molecule has 1 aromatic rings. The van der Waals surface area contributed by atoms with Crippen LogP contribution in [0.5, 0.6) is 5.75 Å². The molecule has 0 aliphatic carbocycles. The summed E-state index contributed by atoms with van der Waals surface area (Å²) in [5, 5.41) is 6.74. The van der Waals surface area contributed by atoms with Crippen molar-refractivity contribution >= 4 is 39.8 Å². The molecule has 1 heterocycles. The summed E-state index contributed by atoms with van der Waals surface area (Å²) in [5.41, 5.74) is 0.852. The van der Waals surface area contributed by atoms with Gasteiger partial charge in [-0.25, -0.2) is 8.42 Å². The van der Waals surface area contributed by atoms with Crippen LogP contribution in [0.25, 0.3) is 0 Å². The molecule has 1 aromatic carbocycles. The lowest BCUT2D eigenvalue weighted by molar-refractivity contribution is 0.0694. The topological polar surface area (TPSA) is 89.0 Å². The first kappa shape index (κ1) is 25.0. The van der Waals surface area contributed by atoms with Crippen LogP contribution < -0.4 is 15.4 Å². The molecule has 0 bridgehead atoms. The molecule has 0 saturated heterocycles. The van der Waals surface area contributed by atoms with Gasteiger partial charge in [-0.15, -0.1) is 24.0 Å². The molecule has 28 heavy (non-hydrogen) atoms. The number of halogens is 1. The molecule has 1 atom stereocenters. The minimum absolute atomic E-state index is 0. The molecule has 0 saturated carbocycles. The van der Waals surface area contributed by atoms with E-state index in [9.17, 15) is 8.42 Å². The summed E-state index contributed by atoms with van der Waals surface area (Å²) >= 11 is 0. The highest BCUT2D eigenvalue weighted by Gasteiger charge is 2.33. The Morgan fingerprint density at radius 2 is 2.04 bits per heavy atom. The third-order valence-electron chi connectivity index (χ3n) is 4.14. The van der Waals surface area contributed by atoms with E-state index in [1.165, 1.54) is 6.26 Å². The van der Waals surface area contributed by atoms with E-state index in [1.54, 1.807) is 0 Å². The summed E-state index contributed by atoms with van der Waals surface area (Å²) in [6, 6.07) is 8.14. The molecule has 1 aliphatic heterocycles. The smallest absolute Gasteiger partial charge is 0.191 e. The van der Waals surface area contributed by atoms with Gasteiger partial charge in [0.05, 0.1) is 31.6 Å². The fourth-order valence-corrected chi connectivity index (χ4v) is 3.37. The van der Waals surface area contributed by atoms with Crippen LogP contribution in [-0.4, -0.2) is 58.3 Å². The zero-order valence-electron chi connectivity index (χ0n) is 17.0. The van der Waals surface area contributed by atoms with Crippen molar-refractivity contribution in [3.05, 3.63) is 29.8 Å². The van der Waals surface area contributed by atoms with Gasteiger partial charge in [-0.1, -0.05) is 18.2 Å². The van der Waals surface area contributed by atoms with Crippen molar-refractivity contribution in [1.29, 1.82) is 0 Å². The summed E-state index contributed by atoms with van der Waals surface area (Å²) in [4.78, 5) is 4.54. The van der Waals surface area contributed by atoms with Gasteiger partial charge in [-0.2, -0.15) is 0 Å². The van der Waals surface area contributed by atoms with E-state index < -0.39 is 9.84 Å². The summed E-state index contributed by atoms with van der Waals surface area (Å²) in [6.45, 7) is 7.94. The first-order chi connectivity index (χ1) is 12.7. The van der Waals surface area contributed by atoms with E-state index in [4.69, 9.17) is 9.47 Å². The summed E-state index contributed by atoms with van der Waals surface area (Å²) in [5.74, 6) is 1.64. The van der Waals surface area contributed by atoms with Gasteiger partial charge in [0.1, 0.15) is 21.2 Å². The van der Waals surface area contributed by atoms with Crippen molar-refractivity contribution in [1.82, 2.24) is 10.6 Å². The molecule has 9 heteroatoms. The van der Waals surface area contributed by atoms with Gasteiger partial charge in [-0.3, -0.25) is 4.99 Å². The van der Waals surface area contributed by atoms with Crippen molar-refractivity contribution in [3.63, 3.8) is 0 Å². The Morgan fingerprint density at radius 1 is 1.32 bits per heavy atom. The number of nitrogens with zero attached hydrogens (tertiary/aromatic N) is 1. The molecule has 0 fully saturated rings. The first-order valence-corrected chi connectivity index (χ1v) is 11.3. The maximum Gasteiger partial charge on any atom is 0.191 e. The number of hydrogen-bond acceptors (Lipinski definition) is 5. The Labute approximate surface area is 185 Å². The van der Waals surface area contributed by atoms with Gasteiger partial charge in [0.25, 0.3) is 0 Å². The van der Waals surface area contributed by atoms with E-state index in [2.05, 4.69) is 35.5 Å². The molecule has 2 rings (SSSR count). The average molecular weight is 525 g/mol. The summed E-state index contributed by atoms with van der Waals surface area (Å²) < 4.78 is 33.6. The predicted octanol–water partition coefficient (Wildman–Crippen LogP) is 2.52. The Bertz CT molecular complexity index is 753. The van der Waals surface area contributed by atoms with Crippen molar-refractivity contribution in [2.45, 2.75) is 38.8 Å². The lowest BCUT2D eigenvalue weighted by Crippen LogP contribution is -2.45. The lowest BCUT2D eigenvalue weighted by Gasteiger charge is -2.38. The number of ether oxygens (including phenoxy) is 2. The van der Waals surface area contributed by atoms with Crippen molar-refractivity contribution in [2.75, 3.05) is 38.3 Å². The Balaban J connectivity index is 0.00000392.